The smallest absolute Gasteiger partial charge is 0.241 e. The summed E-state index contributed by atoms with van der Waals surface area (Å²) in [5.74, 6) is -0.445. The summed E-state index contributed by atoms with van der Waals surface area (Å²) >= 11 is 0. The van der Waals surface area contributed by atoms with Crippen molar-refractivity contribution < 1.29 is 34.1 Å². The SMILES string of the molecule is CC(=O)N[C@@H]1[C@H](O)[C@@H](O)[C@H](Oc2ccc(/C=C/NC(=O)[C@H](Cc3cn(C)c4ccccc34)N[C@H](Cc3ccccc3)C(=O)NCCc3ccccc3)cc2)O[C@@H]1C. The first-order valence-electron chi connectivity index (χ1n) is 19.2. The number of ether oxygens (including phenoxy) is 2. The van der Waals surface area contributed by atoms with Gasteiger partial charge in [-0.2, -0.15) is 0 Å². The summed E-state index contributed by atoms with van der Waals surface area (Å²) in [6, 6.07) is 32.4. The fraction of sp³-hybridized carbons (Fsp3) is 0.311. The molecule has 1 aliphatic rings. The lowest BCUT2D eigenvalue weighted by Gasteiger charge is -2.41. The standard InChI is InChI=1S/C45H51N5O7/c1-29-40(48-30(2)51)41(52)42(53)45(56-29)57-35-20-18-32(19-21-35)23-25-47-44(55)38(27-34-28-50(3)39-17-11-10-16-36(34)39)49-37(26-33-14-8-5-9-15-33)43(54)46-24-22-31-12-6-4-7-13-31/h4-21,23,25,28-29,37-38,40-42,45,49,52-53H,22,24,26-27H2,1-3H3,(H,46,54)(H,47,55)(H,48,51)/b25-23+/t29-,37-,38+,40+,41+,42-,45+/m1/s1. The zero-order valence-corrected chi connectivity index (χ0v) is 32.4. The van der Waals surface area contributed by atoms with Gasteiger partial charge in [-0.25, -0.2) is 0 Å². The molecule has 0 spiro atoms. The van der Waals surface area contributed by atoms with E-state index >= 15 is 0 Å². The van der Waals surface area contributed by atoms with E-state index in [1.165, 1.54) is 6.92 Å². The van der Waals surface area contributed by atoms with Gasteiger partial charge in [-0.1, -0.05) is 91.0 Å². The predicted octanol–water partition coefficient (Wildman–Crippen LogP) is 3.79. The third kappa shape index (κ3) is 11.0. The minimum atomic E-state index is -1.39. The van der Waals surface area contributed by atoms with Crippen molar-refractivity contribution in [1.29, 1.82) is 0 Å². The molecule has 0 unspecified atom stereocenters. The maximum absolute atomic E-state index is 14.1. The second-order valence-corrected chi connectivity index (χ2v) is 14.4. The van der Waals surface area contributed by atoms with Crippen molar-refractivity contribution >= 4 is 34.7 Å². The normalized spacial score (nSPS) is 20.5. The Kier molecular flexibility index (Phi) is 13.9. The van der Waals surface area contributed by atoms with E-state index in [0.717, 1.165) is 33.2 Å². The second-order valence-electron chi connectivity index (χ2n) is 14.4. The van der Waals surface area contributed by atoms with Crippen LogP contribution in [0.1, 0.15) is 36.1 Å². The summed E-state index contributed by atoms with van der Waals surface area (Å²) in [5, 5.41) is 34.3. The Balaban J connectivity index is 1.15. The predicted molar refractivity (Wildman–Crippen MR) is 219 cm³/mol. The minimum Gasteiger partial charge on any atom is -0.462 e. The van der Waals surface area contributed by atoms with Crippen LogP contribution in [0.5, 0.6) is 5.75 Å². The highest BCUT2D eigenvalue weighted by atomic mass is 16.7. The first kappa shape index (κ1) is 40.9. The Morgan fingerprint density at radius 2 is 1.47 bits per heavy atom. The van der Waals surface area contributed by atoms with Crippen molar-refractivity contribution in [3.63, 3.8) is 0 Å². The molecule has 7 atom stereocenters. The van der Waals surface area contributed by atoms with Gasteiger partial charge in [0.05, 0.1) is 24.2 Å². The second kappa shape index (κ2) is 19.4. The lowest BCUT2D eigenvalue weighted by Crippen LogP contribution is -2.63. The molecule has 0 bridgehead atoms. The van der Waals surface area contributed by atoms with Crippen LogP contribution in [0.3, 0.4) is 0 Å². The van der Waals surface area contributed by atoms with Crippen LogP contribution in [-0.4, -0.2) is 81.8 Å². The molecule has 298 valence electrons. The van der Waals surface area contributed by atoms with Crippen molar-refractivity contribution in [1.82, 2.24) is 25.8 Å². The van der Waals surface area contributed by atoms with Gasteiger partial charge in [0.1, 0.15) is 18.0 Å². The van der Waals surface area contributed by atoms with Crippen molar-refractivity contribution in [3.05, 3.63) is 144 Å². The van der Waals surface area contributed by atoms with Crippen LogP contribution in [0.25, 0.3) is 17.0 Å². The molecule has 4 aromatic carbocycles. The number of aryl methyl sites for hydroxylation is 1. The molecule has 0 saturated carbocycles. The van der Waals surface area contributed by atoms with E-state index in [9.17, 15) is 24.6 Å². The maximum Gasteiger partial charge on any atom is 0.241 e. The Hall–Kier alpha value is -5.79. The summed E-state index contributed by atoms with van der Waals surface area (Å²) in [4.78, 5) is 39.4. The third-order valence-corrected chi connectivity index (χ3v) is 10.1. The van der Waals surface area contributed by atoms with Gasteiger partial charge < -0.3 is 40.2 Å². The molecule has 12 heteroatoms. The molecular weight excluding hydrogens is 723 g/mol. The summed E-state index contributed by atoms with van der Waals surface area (Å²) in [5.41, 5.74) is 4.86. The van der Waals surface area contributed by atoms with Gasteiger partial charge in [-0.3, -0.25) is 19.7 Å². The molecule has 0 aliphatic carbocycles. The molecule has 2 heterocycles. The monoisotopic (exact) mass is 773 g/mol. The molecule has 5 aromatic rings. The van der Waals surface area contributed by atoms with E-state index in [-0.39, 0.29) is 17.7 Å². The Morgan fingerprint density at radius 1 is 0.825 bits per heavy atom. The first-order chi connectivity index (χ1) is 27.5. The number of nitrogens with one attached hydrogen (secondary N) is 4. The highest BCUT2D eigenvalue weighted by molar-refractivity contribution is 5.88. The van der Waals surface area contributed by atoms with Gasteiger partial charge in [0.2, 0.25) is 24.0 Å². The summed E-state index contributed by atoms with van der Waals surface area (Å²) in [7, 11) is 1.98. The summed E-state index contributed by atoms with van der Waals surface area (Å²) < 4.78 is 13.7. The molecule has 0 radical (unpaired) electrons. The first-order valence-corrected chi connectivity index (χ1v) is 19.2. The molecule has 1 fully saturated rings. The molecule has 1 aliphatic heterocycles. The number of hydrogen-bond donors (Lipinski definition) is 6. The molecule has 57 heavy (non-hydrogen) atoms. The molecule has 12 nitrogen and oxygen atoms in total. The Labute approximate surface area is 332 Å². The van der Waals surface area contributed by atoms with Gasteiger partial charge in [0.25, 0.3) is 0 Å². The van der Waals surface area contributed by atoms with E-state index in [1.807, 2.05) is 103 Å². The summed E-state index contributed by atoms with van der Waals surface area (Å²) in [6.45, 7) is 3.47. The fourth-order valence-electron chi connectivity index (χ4n) is 7.13. The molecule has 1 aromatic heterocycles. The number of carbonyl (C=O) groups excluding carboxylic acids is 3. The van der Waals surface area contributed by atoms with Crippen LogP contribution in [0.2, 0.25) is 0 Å². The lowest BCUT2D eigenvalue weighted by atomic mass is 9.97. The van der Waals surface area contributed by atoms with Crippen LogP contribution >= 0.6 is 0 Å². The fourth-order valence-corrected chi connectivity index (χ4v) is 7.13. The van der Waals surface area contributed by atoms with E-state index < -0.39 is 42.7 Å². The van der Waals surface area contributed by atoms with Gasteiger partial charge in [-0.15, -0.1) is 0 Å². The molecular formula is C45H51N5O7. The number of para-hydroxylation sites is 1. The number of nitrogens with zero attached hydrogens (tertiary/aromatic N) is 1. The topological polar surface area (TPSA) is 163 Å². The van der Waals surface area contributed by atoms with Gasteiger partial charge in [0, 0.05) is 43.8 Å². The highest BCUT2D eigenvalue weighted by Crippen LogP contribution is 2.25. The minimum absolute atomic E-state index is 0.189. The van der Waals surface area contributed by atoms with E-state index in [4.69, 9.17) is 9.47 Å². The number of hydrogen-bond acceptors (Lipinski definition) is 8. The number of carbonyl (C=O) groups is 3. The van der Waals surface area contributed by atoms with E-state index in [1.54, 1.807) is 43.5 Å². The number of aromatic nitrogens is 1. The van der Waals surface area contributed by atoms with Gasteiger partial charge in [0.15, 0.2) is 0 Å². The van der Waals surface area contributed by atoms with Crippen molar-refractivity contribution in [3.8, 4) is 5.75 Å². The van der Waals surface area contributed by atoms with Crippen LogP contribution in [0.15, 0.2) is 122 Å². The zero-order chi connectivity index (χ0) is 40.3. The lowest BCUT2D eigenvalue weighted by molar-refractivity contribution is -0.242. The number of aliphatic hydroxyl groups is 2. The van der Waals surface area contributed by atoms with E-state index in [0.29, 0.717) is 31.6 Å². The number of benzene rings is 4. The van der Waals surface area contributed by atoms with Crippen molar-refractivity contribution in [2.24, 2.45) is 7.05 Å². The zero-order valence-electron chi connectivity index (χ0n) is 32.4. The van der Waals surface area contributed by atoms with Gasteiger partial charge in [-0.05, 0) is 72.7 Å². The molecule has 6 N–H and O–H groups in total. The Bertz CT molecular complexity index is 2120. The molecule has 6 rings (SSSR count). The van der Waals surface area contributed by atoms with Crippen molar-refractivity contribution in [2.75, 3.05) is 6.54 Å². The number of rotatable bonds is 16. The number of amides is 3. The van der Waals surface area contributed by atoms with Gasteiger partial charge >= 0.3 is 0 Å². The third-order valence-electron chi connectivity index (χ3n) is 10.1. The van der Waals surface area contributed by atoms with Crippen LogP contribution < -0.4 is 26.0 Å². The largest absolute Gasteiger partial charge is 0.462 e. The Morgan fingerprint density at radius 3 is 2.18 bits per heavy atom. The number of aliphatic hydroxyl groups excluding tert-OH is 2. The number of fused-ring (bicyclic) bond motifs is 1. The van der Waals surface area contributed by atoms with Crippen molar-refractivity contribution in [2.45, 2.75) is 75.8 Å². The van der Waals surface area contributed by atoms with E-state index in [2.05, 4.69) is 21.3 Å². The quantitative estimate of drug-likeness (QED) is 0.0883. The molecule has 1 saturated heterocycles. The highest BCUT2D eigenvalue weighted by Gasteiger charge is 2.44. The maximum atomic E-state index is 14.1. The van der Waals surface area contributed by atoms with Crippen LogP contribution in [0, 0.1) is 0 Å². The van der Waals surface area contributed by atoms with Crippen LogP contribution in [0.4, 0.5) is 0 Å². The summed E-state index contributed by atoms with van der Waals surface area (Å²) in [6.07, 6.45) is 2.31. The average molecular weight is 774 g/mol. The molecule has 3 amide bonds. The van der Waals surface area contributed by atoms with Crippen LogP contribution in [-0.2, 0) is 45.4 Å². The average Bonchev–Trinajstić information content (AvgIpc) is 3.53.